The van der Waals surface area contributed by atoms with Crippen LogP contribution in [0, 0.1) is 5.41 Å². The van der Waals surface area contributed by atoms with Gasteiger partial charge < -0.3 is 15.5 Å². The van der Waals surface area contributed by atoms with Crippen LogP contribution in [-0.4, -0.2) is 36.0 Å². The molecule has 1 atom stereocenters. The van der Waals surface area contributed by atoms with Crippen LogP contribution in [0.5, 0.6) is 0 Å². The maximum absolute atomic E-state index is 9.40. The van der Waals surface area contributed by atoms with E-state index < -0.39 is 0 Å². The van der Waals surface area contributed by atoms with Crippen molar-refractivity contribution < 1.29 is 10.2 Å². The highest BCUT2D eigenvalue weighted by Crippen LogP contribution is 2.35. The number of hydrogen-bond donors (Lipinski definition) is 3. The van der Waals surface area contributed by atoms with Gasteiger partial charge in [0.05, 0.1) is 6.10 Å². The van der Waals surface area contributed by atoms with Gasteiger partial charge in [-0.1, -0.05) is 19.3 Å². The molecule has 0 aromatic heterocycles. The van der Waals surface area contributed by atoms with Crippen molar-refractivity contribution in [3.8, 4) is 0 Å². The molecular formula is C11H23NO2. The van der Waals surface area contributed by atoms with Gasteiger partial charge in [0, 0.05) is 25.1 Å². The van der Waals surface area contributed by atoms with Gasteiger partial charge in [0.25, 0.3) is 0 Å². The summed E-state index contributed by atoms with van der Waals surface area (Å²) >= 11 is 0. The molecule has 0 heterocycles. The zero-order valence-electron chi connectivity index (χ0n) is 9.13. The first-order chi connectivity index (χ1) is 6.68. The Morgan fingerprint density at radius 3 is 2.43 bits per heavy atom. The highest BCUT2D eigenvalue weighted by Gasteiger charge is 2.30. The predicted molar refractivity (Wildman–Crippen MR) is 57.2 cm³/mol. The van der Waals surface area contributed by atoms with Gasteiger partial charge in [-0.15, -0.1) is 0 Å². The van der Waals surface area contributed by atoms with E-state index in [-0.39, 0.29) is 18.1 Å². The zero-order chi connectivity index (χ0) is 10.4. The fraction of sp³-hybridized carbons (Fsp3) is 1.00. The summed E-state index contributed by atoms with van der Waals surface area (Å²) in [6, 6.07) is 0. The maximum atomic E-state index is 9.40. The van der Waals surface area contributed by atoms with Crippen LogP contribution in [0.15, 0.2) is 0 Å². The Kier molecular flexibility index (Phi) is 4.85. The number of nitrogens with one attached hydrogen (secondary N) is 1. The molecule has 1 aliphatic rings. The molecule has 1 rings (SSSR count). The summed E-state index contributed by atoms with van der Waals surface area (Å²) in [5.74, 6) is 0. The second-order valence-corrected chi connectivity index (χ2v) is 4.70. The lowest BCUT2D eigenvalue weighted by Crippen LogP contribution is -2.41. The first-order valence-electron chi connectivity index (χ1n) is 5.68. The summed E-state index contributed by atoms with van der Waals surface area (Å²) in [7, 11) is 0. The van der Waals surface area contributed by atoms with Crippen molar-refractivity contribution in [2.75, 3.05) is 19.7 Å². The van der Waals surface area contributed by atoms with E-state index in [1.807, 2.05) is 0 Å². The van der Waals surface area contributed by atoms with Crippen LogP contribution in [-0.2, 0) is 0 Å². The normalized spacial score (nSPS) is 23.4. The maximum Gasteiger partial charge on any atom is 0.0636 e. The predicted octanol–water partition coefficient (Wildman–Crippen LogP) is 0.900. The summed E-state index contributed by atoms with van der Waals surface area (Å²) < 4.78 is 0. The van der Waals surface area contributed by atoms with Gasteiger partial charge in [0.15, 0.2) is 0 Å². The highest BCUT2D eigenvalue weighted by molar-refractivity contribution is 4.84. The first-order valence-corrected chi connectivity index (χ1v) is 5.68. The second-order valence-electron chi connectivity index (χ2n) is 4.70. The molecule has 1 fully saturated rings. The lowest BCUT2D eigenvalue weighted by molar-refractivity contribution is 0.0769. The molecule has 0 radical (unpaired) electrons. The average Bonchev–Trinajstić information content (AvgIpc) is 2.19. The number of aliphatic hydroxyl groups is 2. The summed E-state index contributed by atoms with van der Waals surface area (Å²) in [6.45, 7) is 3.52. The Morgan fingerprint density at radius 2 is 1.93 bits per heavy atom. The molecule has 3 nitrogen and oxygen atoms in total. The Labute approximate surface area is 86.5 Å². The molecule has 0 saturated heterocycles. The number of rotatable bonds is 5. The van der Waals surface area contributed by atoms with Gasteiger partial charge >= 0.3 is 0 Å². The quantitative estimate of drug-likeness (QED) is 0.619. The molecule has 0 aliphatic heterocycles. The summed E-state index contributed by atoms with van der Waals surface area (Å²) in [5, 5.41) is 21.8. The minimum atomic E-state index is -0.297. The van der Waals surface area contributed by atoms with E-state index in [1.54, 1.807) is 6.92 Å². The smallest absolute Gasteiger partial charge is 0.0636 e. The van der Waals surface area contributed by atoms with Crippen molar-refractivity contribution in [3.05, 3.63) is 0 Å². The van der Waals surface area contributed by atoms with Crippen molar-refractivity contribution in [2.24, 2.45) is 5.41 Å². The van der Waals surface area contributed by atoms with Crippen LogP contribution in [0.1, 0.15) is 39.0 Å². The van der Waals surface area contributed by atoms with E-state index in [2.05, 4.69) is 5.32 Å². The summed E-state index contributed by atoms with van der Waals surface area (Å²) in [5.41, 5.74) is 0.0904. The van der Waals surface area contributed by atoms with Crippen LogP contribution in [0.2, 0.25) is 0 Å². The van der Waals surface area contributed by atoms with E-state index >= 15 is 0 Å². The average molecular weight is 201 g/mol. The standard InChI is InChI=1S/C11H23NO2/c1-10(14)7-12-8-11(9-13)5-3-2-4-6-11/h10,12-14H,2-9H2,1H3. The SMILES string of the molecule is CC(O)CNCC1(CO)CCCCC1. The Balaban J connectivity index is 2.29. The molecule has 3 heteroatoms. The van der Waals surface area contributed by atoms with Crippen LogP contribution in [0.3, 0.4) is 0 Å². The van der Waals surface area contributed by atoms with E-state index in [0.717, 1.165) is 19.4 Å². The molecule has 0 bridgehead atoms. The number of hydrogen-bond acceptors (Lipinski definition) is 3. The van der Waals surface area contributed by atoms with Gasteiger partial charge in [-0.3, -0.25) is 0 Å². The van der Waals surface area contributed by atoms with Crippen molar-refractivity contribution in [2.45, 2.75) is 45.1 Å². The van der Waals surface area contributed by atoms with Gasteiger partial charge in [-0.2, -0.15) is 0 Å². The molecule has 0 spiro atoms. The zero-order valence-corrected chi connectivity index (χ0v) is 9.13. The minimum Gasteiger partial charge on any atom is -0.396 e. The fourth-order valence-electron chi connectivity index (χ4n) is 2.24. The van der Waals surface area contributed by atoms with Crippen LogP contribution >= 0.6 is 0 Å². The van der Waals surface area contributed by atoms with Gasteiger partial charge in [0.2, 0.25) is 0 Å². The van der Waals surface area contributed by atoms with E-state index in [1.165, 1.54) is 19.3 Å². The molecular weight excluding hydrogens is 178 g/mol. The van der Waals surface area contributed by atoms with Crippen molar-refractivity contribution in [3.63, 3.8) is 0 Å². The molecule has 0 aromatic rings. The van der Waals surface area contributed by atoms with E-state index in [0.29, 0.717) is 6.54 Å². The van der Waals surface area contributed by atoms with Gasteiger partial charge in [0.1, 0.15) is 0 Å². The molecule has 0 amide bonds. The molecule has 1 saturated carbocycles. The highest BCUT2D eigenvalue weighted by atomic mass is 16.3. The van der Waals surface area contributed by atoms with Gasteiger partial charge in [-0.05, 0) is 19.8 Å². The van der Waals surface area contributed by atoms with E-state index in [9.17, 15) is 5.11 Å². The van der Waals surface area contributed by atoms with Crippen LogP contribution < -0.4 is 5.32 Å². The Hall–Kier alpha value is -0.120. The van der Waals surface area contributed by atoms with Crippen molar-refractivity contribution in [1.29, 1.82) is 0 Å². The fourth-order valence-corrected chi connectivity index (χ4v) is 2.24. The Bertz CT molecular complexity index is 153. The largest absolute Gasteiger partial charge is 0.396 e. The van der Waals surface area contributed by atoms with Crippen molar-refractivity contribution >= 4 is 0 Å². The molecule has 3 N–H and O–H groups in total. The topological polar surface area (TPSA) is 52.5 Å². The molecule has 14 heavy (non-hydrogen) atoms. The first kappa shape index (κ1) is 12.0. The van der Waals surface area contributed by atoms with Crippen molar-refractivity contribution in [1.82, 2.24) is 5.32 Å². The molecule has 1 aliphatic carbocycles. The Morgan fingerprint density at radius 1 is 1.29 bits per heavy atom. The minimum absolute atomic E-state index is 0.0904. The monoisotopic (exact) mass is 201 g/mol. The molecule has 0 aromatic carbocycles. The molecule has 84 valence electrons. The van der Waals surface area contributed by atoms with E-state index in [4.69, 9.17) is 5.11 Å². The third kappa shape index (κ3) is 3.56. The summed E-state index contributed by atoms with van der Waals surface area (Å²) in [6.07, 6.45) is 5.72. The number of aliphatic hydroxyl groups excluding tert-OH is 2. The molecule has 1 unspecified atom stereocenters. The lowest BCUT2D eigenvalue weighted by Gasteiger charge is -2.36. The second kappa shape index (κ2) is 5.69. The van der Waals surface area contributed by atoms with Crippen LogP contribution in [0.25, 0.3) is 0 Å². The third-order valence-electron chi connectivity index (χ3n) is 3.19. The third-order valence-corrected chi connectivity index (χ3v) is 3.19. The van der Waals surface area contributed by atoms with Gasteiger partial charge in [-0.25, -0.2) is 0 Å². The lowest BCUT2D eigenvalue weighted by atomic mass is 9.74. The van der Waals surface area contributed by atoms with Crippen LogP contribution in [0.4, 0.5) is 0 Å². The summed E-state index contributed by atoms with van der Waals surface area (Å²) in [4.78, 5) is 0.